The third-order valence-electron chi connectivity index (χ3n) is 5.52. The molecule has 7 heteroatoms. The van der Waals surface area contributed by atoms with Crippen molar-refractivity contribution >= 4 is 28.6 Å². The second-order valence-electron chi connectivity index (χ2n) is 7.40. The van der Waals surface area contributed by atoms with Crippen molar-refractivity contribution in [1.29, 1.82) is 0 Å². The highest BCUT2D eigenvalue weighted by atomic mass is 16.2. The van der Waals surface area contributed by atoms with E-state index >= 15 is 0 Å². The summed E-state index contributed by atoms with van der Waals surface area (Å²) in [5, 5.41) is 1.06. The molecule has 30 heavy (non-hydrogen) atoms. The van der Waals surface area contributed by atoms with E-state index < -0.39 is 0 Å². The van der Waals surface area contributed by atoms with Crippen molar-refractivity contribution in [1.82, 2.24) is 20.7 Å². The summed E-state index contributed by atoms with van der Waals surface area (Å²) >= 11 is 0. The maximum atomic E-state index is 13.2. The molecule has 1 aromatic heterocycles. The quantitative estimate of drug-likeness (QED) is 0.571. The van der Waals surface area contributed by atoms with E-state index in [-0.39, 0.29) is 43.1 Å². The smallest absolute Gasteiger partial charge is 0.255 e. The fourth-order valence-electron chi connectivity index (χ4n) is 4.08. The minimum Gasteiger partial charge on any atom is -0.358 e. The van der Waals surface area contributed by atoms with Crippen LogP contribution < -0.4 is 10.9 Å². The number of hydrazine groups is 1. The number of hydrogen-bond acceptors (Lipinski definition) is 3. The van der Waals surface area contributed by atoms with Crippen molar-refractivity contribution in [3.05, 3.63) is 70.9 Å². The van der Waals surface area contributed by atoms with Gasteiger partial charge < -0.3 is 9.88 Å². The largest absolute Gasteiger partial charge is 0.358 e. The van der Waals surface area contributed by atoms with Gasteiger partial charge >= 0.3 is 0 Å². The number of amides is 3. The summed E-state index contributed by atoms with van der Waals surface area (Å²) in [5.74, 6) is -0.694. The topological polar surface area (TPSA) is 94.3 Å². The number of carbonyl (C=O) groups excluding carboxylic acids is 3. The summed E-state index contributed by atoms with van der Waals surface area (Å²) in [7, 11) is 0. The van der Waals surface area contributed by atoms with Crippen LogP contribution in [0.4, 0.5) is 0 Å². The number of H-pyrrole nitrogens is 1. The maximum absolute atomic E-state index is 13.2. The molecule has 3 aromatic rings. The van der Waals surface area contributed by atoms with E-state index in [0.717, 1.165) is 27.7 Å². The monoisotopic (exact) mass is 404 g/mol. The van der Waals surface area contributed by atoms with Crippen LogP contribution in [-0.4, -0.2) is 34.2 Å². The van der Waals surface area contributed by atoms with Gasteiger partial charge in [0.2, 0.25) is 11.8 Å². The number of fused-ring (bicyclic) bond motifs is 2. The van der Waals surface area contributed by atoms with Gasteiger partial charge in [0.1, 0.15) is 0 Å². The number of benzene rings is 2. The Morgan fingerprint density at radius 2 is 1.73 bits per heavy atom. The van der Waals surface area contributed by atoms with Crippen molar-refractivity contribution in [2.45, 2.75) is 32.7 Å². The van der Waals surface area contributed by atoms with Crippen LogP contribution in [0.2, 0.25) is 0 Å². The maximum Gasteiger partial charge on any atom is 0.255 e. The average molecular weight is 404 g/mol. The lowest BCUT2D eigenvalue weighted by Gasteiger charge is -2.26. The van der Waals surface area contributed by atoms with Gasteiger partial charge in [-0.1, -0.05) is 43.3 Å². The number of hydrogen-bond donors (Lipinski definition) is 3. The Morgan fingerprint density at radius 1 is 1.03 bits per heavy atom. The van der Waals surface area contributed by atoms with Crippen LogP contribution in [0.5, 0.6) is 0 Å². The number of aryl methyl sites for hydroxylation is 1. The Bertz CT molecular complexity index is 1130. The molecular formula is C23H24N4O3. The summed E-state index contributed by atoms with van der Waals surface area (Å²) in [5.41, 5.74) is 9.42. The molecule has 2 aromatic carbocycles. The van der Waals surface area contributed by atoms with E-state index in [0.29, 0.717) is 5.56 Å². The first-order chi connectivity index (χ1) is 14.5. The van der Waals surface area contributed by atoms with E-state index in [2.05, 4.69) is 15.8 Å². The SMILES string of the molecule is CCC(=O)NNC(=O)CCN1C(=O)c2ccccc2C1c1c(C)[nH]c2ccccc12. The molecule has 1 unspecified atom stereocenters. The summed E-state index contributed by atoms with van der Waals surface area (Å²) in [6.45, 7) is 3.95. The van der Waals surface area contributed by atoms with Gasteiger partial charge in [-0.2, -0.15) is 0 Å². The Hall–Kier alpha value is -3.61. The lowest BCUT2D eigenvalue weighted by Crippen LogP contribution is -2.43. The van der Waals surface area contributed by atoms with Crippen molar-refractivity contribution in [3.8, 4) is 0 Å². The molecule has 0 fully saturated rings. The van der Waals surface area contributed by atoms with E-state index in [4.69, 9.17) is 0 Å². The fourth-order valence-corrected chi connectivity index (χ4v) is 4.08. The number of carbonyl (C=O) groups is 3. The first kappa shape index (κ1) is 19.7. The van der Waals surface area contributed by atoms with Gasteiger partial charge in [-0.3, -0.25) is 25.2 Å². The number of nitrogens with zero attached hydrogens (tertiary/aromatic N) is 1. The van der Waals surface area contributed by atoms with Crippen molar-refractivity contribution < 1.29 is 14.4 Å². The van der Waals surface area contributed by atoms with Crippen LogP contribution in [0.3, 0.4) is 0 Å². The molecule has 154 valence electrons. The number of aromatic nitrogens is 1. The lowest BCUT2D eigenvalue weighted by atomic mass is 9.95. The molecule has 0 saturated carbocycles. The number of aromatic amines is 1. The third-order valence-corrected chi connectivity index (χ3v) is 5.52. The van der Waals surface area contributed by atoms with Gasteiger partial charge in [0.05, 0.1) is 6.04 Å². The average Bonchev–Trinajstić information content (AvgIpc) is 3.23. The zero-order valence-corrected chi connectivity index (χ0v) is 17.0. The molecule has 0 bridgehead atoms. The Kier molecular flexibility index (Phi) is 5.27. The molecular weight excluding hydrogens is 380 g/mol. The van der Waals surface area contributed by atoms with E-state index in [9.17, 15) is 14.4 Å². The Balaban J connectivity index is 1.66. The van der Waals surface area contributed by atoms with E-state index in [1.807, 2.05) is 55.5 Å². The first-order valence-corrected chi connectivity index (χ1v) is 10.1. The predicted octanol–water partition coefficient (Wildman–Crippen LogP) is 2.97. The van der Waals surface area contributed by atoms with Crippen LogP contribution in [0.25, 0.3) is 10.9 Å². The van der Waals surface area contributed by atoms with E-state index in [1.165, 1.54) is 0 Å². The van der Waals surface area contributed by atoms with Crippen molar-refractivity contribution in [3.63, 3.8) is 0 Å². The zero-order valence-electron chi connectivity index (χ0n) is 17.0. The highest BCUT2D eigenvalue weighted by Gasteiger charge is 2.39. The molecule has 3 N–H and O–H groups in total. The van der Waals surface area contributed by atoms with Gasteiger partial charge in [-0.25, -0.2) is 0 Å². The zero-order chi connectivity index (χ0) is 21.3. The molecule has 0 spiro atoms. The summed E-state index contributed by atoms with van der Waals surface area (Å²) in [6, 6.07) is 15.3. The number of nitrogens with one attached hydrogen (secondary N) is 3. The molecule has 3 amide bonds. The van der Waals surface area contributed by atoms with Crippen LogP contribution >= 0.6 is 0 Å². The molecule has 1 aliphatic rings. The van der Waals surface area contributed by atoms with Gasteiger partial charge in [0, 0.05) is 47.1 Å². The lowest BCUT2D eigenvalue weighted by molar-refractivity contribution is -0.128. The number of rotatable bonds is 5. The molecule has 0 radical (unpaired) electrons. The molecule has 7 nitrogen and oxygen atoms in total. The van der Waals surface area contributed by atoms with Crippen LogP contribution in [0.1, 0.15) is 53.0 Å². The Labute approximate surface area is 174 Å². The molecule has 0 aliphatic carbocycles. The van der Waals surface area contributed by atoms with Gasteiger partial charge in [0.25, 0.3) is 5.91 Å². The fraction of sp³-hybridized carbons (Fsp3) is 0.261. The highest BCUT2D eigenvalue weighted by Crippen LogP contribution is 2.42. The minimum absolute atomic E-state index is 0.0849. The van der Waals surface area contributed by atoms with Gasteiger partial charge in [-0.05, 0) is 24.6 Å². The second-order valence-corrected chi connectivity index (χ2v) is 7.40. The summed E-state index contributed by atoms with van der Waals surface area (Å²) in [4.78, 5) is 41.9. The molecule has 1 atom stereocenters. The van der Waals surface area contributed by atoms with Crippen LogP contribution in [0, 0.1) is 6.92 Å². The molecule has 2 heterocycles. The first-order valence-electron chi connectivity index (χ1n) is 10.1. The predicted molar refractivity (Wildman–Crippen MR) is 114 cm³/mol. The summed E-state index contributed by atoms with van der Waals surface area (Å²) in [6.07, 6.45) is 0.365. The molecule has 4 rings (SSSR count). The highest BCUT2D eigenvalue weighted by molar-refractivity contribution is 6.01. The second kappa shape index (κ2) is 8.02. The van der Waals surface area contributed by atoms with Gasteiger partial charge in [-0.15, -0.1) is 0 Å². The van der Waals surface area contributed by atoms with Crippen molar-refractivity contribution in [2.75, 3.05) is 6.54 Å². The van der Waals surface area contributed by atoms with Crippen LogP contribution in [-0.2, 0) is 9.59 Å². The summed E-state index contributed by atoms with van der Waals surface area (Å²) < 4.78 is 0. The Morgan fingerprint density at radius 3 is 2.53 bits per heavy atom. The van der Waals surface area contributed by atoms with Crippen molar-refractivity contribution in [2.24, 2.45) is 0 Å². The standard InChI is InChI=1S/C23H24N4O3/c1-3-19(28)25-26-20(29)12-13-27-22(15-8-4-5-9-16(15)23(27)30)21-14(2)24-18-11-7-6-10-17(18)21/h4-11,22,24H,3,12-13H2,1-2H3,(H,25,28)(H,26,29). The molecule has 0 saturated heterocycles. The number of para-hydroxylation sites is 1. The molecule has 1 aliphatic heterocycles. The minimum atomic E-state index is -0.338. The van der Waals surface area contributed by atoms with Gasteiger partial charge in [0.15, 0.2) is 0 Å². The normalized spacial score (nSPS) is 15.3. The van der Waals surface area contributed by atoms with Crippen LogP contribution in [0.15, 0.2) is 48.5 Å². The third kappa shape index (κ3) is 3.43. The van der Waals surface area contributed by atoms with E-state index in [1.54, 1.807) is 11.8 Å².